The van der Waals surface area contributed by atoms with Gasteiger partial charge in [0, 0.05) is 17.0 Å². The number of hydrogen-bond acceptors (Lipinski definition) is 6. The standard InChI is InChI=1S/C25H23N5O3/c1-14-6-16(3)23-21(7-14)15(2)8-22(28-23)30-24(18(12-26)13-27-30)29-25(31)17-9-19(32-4)11-20(10-17)33-5/h6-11,13H,1-5H3,(H,29,31). The maximum Gasteiger partial charge on any atom is 0.257 e. The number of pyridine rings is 1. The highest BCUT2D eigenvalue weighted by molar-refractivity contribution is 6.05. The van der Waals surface area contributed by atoms with Gasteiger partial charge < -0.3 is 14.8 Å². The Balaban J connectivity index is 1.80. The molecule has 0 saturated heterocycles. The molecule has 2 aromatic carbocycles. The molecule has 4 rings (SSSR count). The molecule has 0 spiro atoms. The van der Waals surface area contributed by atoms with Gasteiger partial charge in [-0.05, 0) is 56.2 Å². The normalized spacial score (nSPS) is 10.7. The summed E-state index contributed by atoms with van der Waals surface area (Å²) >= 11 is 0. The minimum absolute atomic E-state index is 0.221. The van der Waals surface area contributed by atoms with Gasteiger partial charge in [-0.3, -0.25) is 4.79 Å². The number of hydrogen-bond donors (Lipinski definition) is 1. The predicted octanol–water partition coefficient (Wildman–Crippen LogP) is 4.49. The van der Waals surface area contributed by atoms with Crippen molar-refractivity contribution in [2.75, 3.05) is 19.5 Å². The highest BCUT2D eigenvalue weighted by atomic mass is 16.5. The number of rotatable bonds is 5. The highest BCUT2D eigenvalue weighted by Crippen LogP contribution is 2.28. The number of ether oxygens (including phenoxy) is 2. The first-order valence-electron chi connectivity index (χ1n) is 10.3. The molecule has 0 radical (unpaired) electrons. The van der Waals surface area contributed by atoms with Crippen molar-refractivity contribution in [3.63, 3.8) is 0 Å². The first-order valence-corrected chi connectivity index (χ1v) is 10.3. The lowest BCUT2D eigenvalue weighted by atomic mass is 10.0. The van der Waals surface area contributed by atoms with Gasteiger partial charge in [-0.2, -0.15) is 15.0 Å². The lowest BCUT2D eigenvalue weighted by molar-refractivity contribution is 0.102. The number of fused-ring (bicyclic) bond motifs is 1. The van der Waals surface area contributed by atoms with Crippen molar-refractivity contribution in [3.8, 4) is 23.4 Å². The molecule has 0 aliphatic rings. The SMILES string of the molecule is COc1cc(OC)cc(C(=O)Nc2c(C#N)cnn2-c2cc(C)c3cc(C)cc(C)c3n2)c1. The average Bonchev–Trinajstić information content (AvgIpc) is 3.21. The molecule has 1 amide bonds. The summed E-state index contributed by atoms with van der Waals surface area (Å²) in [7, 11) is 3.02. The molecule has 2 aromatic heterocycles. The summed E-state index contributed by atoms with van der Waals surface area (Å²) in [4.78, 5) is 17.9. The number of nitriles is 1. The van der Waals surface area contributed by atoms with Gasteiger partial charge in [-0.25, -0.2) is 4.98 Å². The third kappa shape index (κ3) is 4.08. The molecule has 0 bridgehead atoms. The summed E-state index contributed by atoms with van der Waals surface area (Å²) in [6, 6.07) is 13.0. The smallest absolute Gasteiger partial charge is 0.257 e. The molecule has 4 aromatic rings. The van der Waals surface area contributed by atoms with Gasteiger partial charge in [0.15, 0.2) is 11.6 Å². The Kier molecular flexibility index (Phi) is 5.71. The third-order valence-electron chi connectivity index (χ3n) is 5.39. The van der Waals surface area contributed by atoms with Crippen LogP contribution in [-0.4, -0.2) is 34.9 Å². The van der Waals surface area contributed by atoms with Crippen molar-refractivity contribution in [1.29, 1.82) is 5.26 Å². The molecule has 0 atom stereocenters. The molecule has 8 nitrogen and oxygen atoms in total. The lowest BCUT2D eigenvalue weighted by Crippen LogP contribution is -2.17. The number of nitrogens with one attached hydrogen (secondary N) is 1. The van der Waals surface area contributed by atoms with E-state index in [1.54, 1.807) is 18.2 Å². The molecule has 0 saturated carbocycles. The maximum absolute atomic E-state index is 13.1. The topological polar surface area (TPSA) is 102 Å². The van der Waals surface area contributed by atoms with E-state index in [2.05, 4.69) is 28.6 Å². The number of amides is 1. The van der Waals surface area contributed by atoms with Crippen molar-refractivity contribution in [3.05, 3.63) is 70.4 Å². The Hall–Kier alpha value is -4.38. The van der Waals surface area contributed by atoms with E-state index in [1.165, 1.54) is 25.1 Å². The number of carbonyl (C=O) groups is 1. The Labute approximate surface area is 191 Å². The molecule has 0 aliphatic heterocycles. The molecule has 8 heteroatoms. The number of carbonyl (C=O) groups excluding carboxylic acids is 1. The summed E-state index contributed by atoms with van der Waals surface area (Å²) in [5.41, 5.74) is 4.60. The third-order valence-corrected chi connectivity index (χ3v) is 5.39. The van der Waals surface area contributed by atoms with Gasteiger partial charge in [0.1, 0.15) is 23.1 Å². The molecule has 33 heavy (non-hydrogen) atoms. The fourth-order valence-electron chi connectivity index (χ4n) is 3.78. The second kappa shape index (κ2) is 8.63. The van der Waals surface area contributed by atoms with Crippen LogP contribution in [0.5, 0.6) is 11.5 Å². The van der Waals surface area contributed by atoms with E-state index in [0.29, 0.717) is 22.9 Å². The second-order valence-corrected chi connectivity index (χ2v) is 7.76. The number of benzene rings is 2. The van der Waals surface area contributed by atoms with Crippen LogP contribution in [-0.2, 0) is 0 Å². The van der Waals surface area contributed by atoms with Crippen LogP contribution in [0.15, 0.2) is 42.6 Å². The van der Waals surface area contributed by atoms with E-state index < -0.39 is 5.91 Å². The van der Waals surface area contributed by atoms with E-state index in [-0.39, 0.29) is 11.4 Å². The monoisotopic (exact) mass is 441 g/mol. The van der Waals surface area contributed by atoms with Crippen LogP contribution >= 0.6 is 0 Å². The zero-order chi connectivity index (χ0) is 23.7. The largest absolute Gasteiger partial charge is 0.497 e. The summed E-state index contributed by atoms with van der Waals surface area (Å²) in [6.45, 7) is 6.06. The Morgan fingerprint density at radius 2 is 1.70 bits per heavy atom. The Morgan fingerprint density at radius 3 is 2.33 bits per heavy atom. The quantitative estimate of drug-likeness (QED) is 0.490. The van der Waals surface area contributed by atoms with Crippen LogP contribution in [0.1, 0.15) is 32.6 Å². The van der Waals surface area contributed by atoms with E-state index in [4.69, 9.17) is 14.5 Å². The Bertz CT molecular complexity index is 1410. The van der Waals surface area contributed by atoms with Crippen LogP contribution < -0.4 is 14.8 Å². The molecular weight excluding hydrogens is 418 g/mol. The molecule has 2 heterocycles. The zero-order valence-electron chi connectivity index (χ0n) is 19.1. The number of nitrogens with zero attached hydrogens (tertiary/aromatic N) is 4. The van der Waals surface area contributed by atoms with Crippen molar-refractivity contribution in [2.24, 2.45) is 0 Å². The number of aromatic nitrogens is 3. The van der Waals surface area contributed by atoms with Gasteiger partial charge in [0.25, 0.3) is 5.91 Å². The number of anilines is 1. The van der Waals surface area contributed by atoms with Gasteiger partial charge in [-0.15, -0.1) is 0 Å². The summed E-state index contributed by atoms with van der Waals surface area (Å²) in [6.07, 6.45) is 1.41. The lowest BCUT2D eigenvalue weighted by Gasteiger charge is -2.13. The summed E-state index contributed by atoms with van der Waals surface area (Å²) in [5, 5.41) is 17.8. The molecule has 166 valence electrons. The van der Waals surface area contributed by atoms with Crippen molar-refractivity contribution in [2.45, 2.75) is 20.8 Å². The van der Waals surface area contributed by atoms with Gasteiger partial charge in [0.2, 0.25) is 0 Å². The summed E-state index contributed by atoms with van der Waals surface area (Å²) < 4.78 is 12.0. The van der Waals surface area contributed by atoms with Gasteiger partial charge in [0.05, 0.1) is 25.9 Å². The minimum atomic E-state index is -0.435. The first-order chi connectivity index (χ1) is 15.8. The van der Waals surface area contributed by atoms with Crippen LogP contribution in [0.3, 0.4) is 0 Å². The van der Waals surface area contributed by atoms with Crippen molar-refractivity contribution >= 4 is 22.6 Å². The number of aryl methyl sites for hydroxylation is 3. The van der Waals surface area contributed by atoms with Crippen LogP contribution in [0, 0.1) is 32.1 Å². The van der Waals surface area contributed by atoms with Crippen LogP contribution in [0.2, 0.25) is 0 Å². The maximum atomic E-state index is 13.1. The predicted molar refractivity (Wildman–Crippen MR) is 125 cm³/mol. The fourth-order valence-corrected chi connectivity index (χ4v) is 3.78. The molecule has 0 fully saturated rings. The minimum Gasteiger partial charge on any atom is -0.497 e. The second-order valence-electron chi connectivity index (χ2n) is 7.76. The fraction of sp³-hybridized carbons (Fsp3) is 0.200. The molecule has 0 aliphatic carbocycles. The van der Waals surface area contributed by atoms with Crippen molar-refractivity contribution in [1.82, 2.24) is 14.8 Å². The van der Waals surface area contributed by atoms with E-state index in [0.717, 1.165) is 27.6 Å². The average molecular weight is 441 g/mol. The van der Waals surface area contributed by atoms with E-state index in [9.17, 15) is 10.1 Å². The highest BCUT2D eigenvalue weighted by Gasteiger charge is 2.19. The molecule has 1 N–H and O–H groups in total. The van der Waals surface area contributed by atoms with Gasteiger partial charge in [-0.1, -0.05) is 11.6 Å². The zero-order valence-corrected chi connectivity index (χ0v) is 19.1. The molecule has 0 unspecified atom stereocenters. The van der Waals surface area contributed by atoms with E-state index in [1.807, 2.05) is 26.8 Å². The Morgan fingerprint density at radius 1 is 1.00 bits per heavy atom. The van der Waals surface area contributed by atoms with E-state index >= 15 is 0 Å². The van der Waals surface area contributed by atoms with Crippen LogP contribution in [0.25, 0.3) is 16.7 Å². The van der Waals surface area contributed by atoms with Gasteiger partial charge >= 0.3 is 0 Å². The number of methoxy groups -OCH3 is 2. The summed E-state index contributed by atoms with van der Waals surface area (Å²) in [5.74, 6) is 1.26. The van der Waals surface area contributed by atoms with Crippen molar-refractivity contribution < 1.29 is 14.3 Å². The molecular formula is C25H23N5O3. The van der Waals surface area contributed by atoms with Crippen LogP contribution in [0.4, 0.5) is 5.82 Å². The first kappa shape index (κ1) is 21.8.